The van der Waals surface area contributed by atoms with Crippen molar-refractivity contribution in [2.45, 2.75) is 46.5 Å². The highest BCUT2D eigenvalue weighted by Gasteiger charge is 2.20. The summed E-state index contributed by atoms with van der Waals surface area (Å²) in [4.78, 5) is 0. The van der Waals surface area contributed by atoms with Crippen LogP contribution in [-0.4, -0.2) is 27.4 Å². The fourth-order valence-corrected chi connectivity index (χ4v) is 2.26. The minimum atomic E-state index is 0.660. The van der Waals surface area contributed by atoms with E-state index in [1.54, 1.807) is 14.2 Å². The molecule has 0 saturated heterocycles. The van der Waals surface area contributed by atoms with Crippen molar-refractivity contribution < 1.29 is 9.47 Å². The van der Waals surface area contributed by atoms with Crippen LogP contribution in [0, 0.1) is 17.8 Å². The van der Waals surface area contributed by atoms with Gasteiger partial charge in [0.15, 0.2) is 0 Å². The predicted molar refractivity (Wildman–Crippen MR) is 69.7 cm³/mol. The fraction of sp³-hybridized carbons (Fsp3) is 1.00. The van der Waals surface area contributed by atoms with Crippen LogP contribution in [0.3, 0.4) is 0 Å². The molecule has 0 aliphatic heterocycles. The molecule has 0 rings (SSSR count). The smallest absolute Gasteiger partial charge is 0.0494 e. The third-order valence-corrected chi connectivity index (χ3v) is 3.20. The Labute approximate surface area is 102 Å². The van der Waals surface area contributed by atoms with Crippen molar-refractivity contribution in [1.29, 1.82) is 0 Å². The molecule has 0 saturated carbocycles. The normalized spacial score (nSPS) is 15.4. The molecule has 0 spiro atoms. The van der Waals surface area contributed by atoms with Crippen LogP contribution >= 0.6 is 0 Å². The van der Waals surface area contributed by atoms with Crippen molar-refractivity contribution in [1.82, 2.24) is 0 Å². The van der Waals surface area contributed by atoms with Gasteiger partial charge in [-0.3, -0.25) is 0 Å². The minimum absolute atomic E-state index is 0.660. The summed E-state index contributed by atoms with van der Waals surface area (Å²) in [5.74, 6) is 2.10. The van der Waals surface area contributed by atoms with Crippen LogP contribution in [0.15, 0.2) is 0 Å². The predicted octanol–water partition coefficient (Wildman–Crippen LogP) is 3.75. The van der Waals surface area contributed by atoms with E-state index in [1.807, 2.05) is 0 Å². The molecule has 0 aliphatic rings. The van der Waals surface area contributed by atoms with Crippen LogP contribution in [0.4, 0.5) is 0 Å². The maximum atomic E-state index is 5.35. The van der Waals surface area contributed by atoms with Crippen LogP contribution < -0.4 is 0 Å². The Hall–Kier alpha value is -0.0800. The fourth-order valence-electron chi connectivity index (χ4n) is 2.26. The van der Waals surface area contributed by atoms with Crippen LogP contribution in [-0.2, 0) is 9.47 Å². The van der Waals surface area contributed by atoms with E-state index in [2.05, 4.69) is 20.8 Å². The summed E-state index contributed by atoms with van der Waals surface area (Å²) >= 11 is 0. The van der Waals surface area contributed by atoms with Gasteiger partial charge in [0.05, 0.1) is 0 Å². The van der Waals surface area contributed by atoms with E-state index < -0.39 is 0 Å². The molecule has 0 aromatic heterocycles. The van der Waals surface area contributed by atoms with Gasteiger partial charge in [-0.1, -0.05) is 33.6 Å². The van der Waals surface area contributed by atoms with Crippen molar-refractivity contribution in [2.24, 2.45) is 17.8 Å². The van der Waals surface area contributed by atoms with Gasteiger partial charge in [-0.05, 0) is 30.6 Å². The lowest BCUT2D eigenvalue weighted by atomic mass is 9.84. The third kappa shape index (κ3) is 7.24. The molecule has 0 aromatic carbocycles. The zero-order chi connectivity index (χ0) is 12.4. The topological polar surface area (TPSA) is 18.5 Å². The van der Waals surface area contributed by atoms with Crippen molar-refractivity contribution in [3.8, 4) is 0 Å². The number of hydrogen-bond donors (Lipinski definition) is 0. The van der Waals surface area contributed by atoms with Crippen molar-refractivity contribution in [2.75, 3.05) is 27.4 Å². The van der Waals surface area contributed by atoms with Gasteiger partial charge in [0, 0.05) is 27.4 Å². The van der Waals surface area contributed by atoms with E-state index in [0.717, 1.165) is 19.1 Å². The Kier molecular flexibility index (Phi) is 10.0. The Morgan fingerprint density at radius 2 is 1.31 bits per heavy atom. The SMILES string of the molecule is CCCC(COC)C(CCC(C)C)COC. The highest BCUT2D eigenvalue weighted by Crippen LogP contribution is 2.25. The van der Waals surface area contributed by atoms with Crippen molar-refractivity contribution >= 4 is 0 Å². The highest BCUT2D eigenvalue weighted by atomic mass is 16.5. The minimum Gasteiger partial charge on any atom is -0.384 e. The second kappa shape index (κ2) is 10.1. The van der Waals surface area contributed by atoms with E-state index in [1.165, 1.54) is 25.7 Å². The van der Waals surface area contributed by atoms with Gasteiger partial charge in [-0.2, -0.15) is 0 Å². The molecular formula is C14H30O2. The molecular weight excluding hydrogens is 200 g/mol. The molecule has 16 heavy (non-hydrogen) atoms. The zero-order valence-corrected chi connectivity index (χ0v) is 11.8. The summed E-state index contributed by atoms with van der Waals surface area (Å²) in [5, 5.41) is 0. The average Bonchev–Trinajstić information content (AvgIpc) is 2.24. The first-order valence-corrected chi connectivity index (χ1v) is 6.63. The molecule has 0 radical (unpaired) electrons. The molecule has 98 valence electrons. The van der Waals surface area contributed by atoms with Gasteiger partial charge in [-0.25, -0.2) is 0 Å². The van der Waals surface area contributed by atoms with E-state index in [0.29, 0.717) is 11.8 Å². The van der Waals surface area contributed by atoms with E-state index >= 15 is 0 Å². The maximum absolute atomic E-state index is 5.35. The third-order valence-electron chi connectivity index (χ3n) is 3.20. The number of ether oxygens (including phenoxy) is 2. The molecule has 2 nitrogen and oxygen atoms in total. The Balaban J connectivity index is 4.19. The lowest BCUT2D eigenvalue weighted by Crippen LogP contribution is -2.24. The second-order valence-electron chi connectivity index (χ2n) is 5.19. The summed E-state index contributed by atoms with van der Waals surface area (Å²) in [5.41, 5.74) is 0. The zero-order valence-electron chi connectivity index (χ0n) is 11.8. The van der Waals surface area contributed by atoms with Gasteiger partial charge in [0.1, 0.15) is 0 Å². The Morgan fingerprint density at radius 3 is 1.69 bits per heavy atom. The van der Waals surface area contributed by atoms with Gasteiger partial charge < -0.3 is 9.47 Å². The lowest BCUT2D eigenvalue weighted by Gasteiger charge is -2.26. The number of hydrogen-bond acceptors (Lipinski definition) is 2. The van der Waals surface area contributed by atoms with Crippen LogP contribution in [0.2, 0.25) is 0 Å². The number of rotatable bonds is 10. The first kappa shape index (κ1) is 15.9. The number of methoxy groups -OCH3 is 2. The van der Waals surface area contributed by atoms with E-state index in [-0.39, 0.29) is 0 Å². The van der Waals surface area contributed by atoms with Gasteiger partial charge in [0.2, 0.25) is 0 Å². The van der Waals surface area contributed by atoms with Gasteiger partial charge in [0.25, 0.3) is 0 Å². The lowest BCUT2D eigenvalue weighted by molar-refractivity contribution is 0.0589. The first-order valence-electron chi connectivity index (χ1n) is 6.63. The summed E-state index contributed by atoms with van der Waals surface area (Å²) in [6.07, 6.45) is 5.04. The average molecular weight is 230 g/mol. The molecule has 0 bridgehead atoms. The largest absolute Gasteiger partial charge is 0.384 e. The standard InChI is InChI=1S/C14H30O2/c1-6-7-13(10-15-4)14(11-16-5)9-8-12(2)3/h12-14H,6-11H2,1-5H3. The van der Waals surface area contributed by atoms with Crippen LogP contribution in [0.1, 0.15) is 46.5 Å². The highest BCUT2D eigenvalue weighted by molar-refractivity contribution is 4.70. The molecule has 2 unspecified atom stereocenters. The summed E-state index contributed by atoms with van der Waals surface area (Å²) in [6, 6.07) is 0. The second-order valence-corrected chi connectivity index (χ2v) is 5.19. The summed E-state index contributed by atoms with van der Waals surface area (Å²) < 4.78 is 10.7. The molecule has 0 fully saturated rings. The quantitative estimate of drug-likeness (QED) is 0.569. The molecule has 0 aromatic rings. The monoisotopic (exact) mass is 230 g/mol. The molecule has 0 N–H and O–H groups in total. The Bertz CT molecular complexity index is 140. The van der Waals surface area contributed by atoms with Crippen LogP contribution in [0.5, 0.6) is 0 Å². The molecule has 2 atom stereocenters. The maximum Gasteiger partial charge on any atom is 0.0494 e. The summed E-state index contributed by atoms with van der Waals surface area (Å²) in [6.45, 7) is 8.57. The van der Waals surface area contributed by atoms with Crippen molar-refractivity contribution in [3.05, 3.63) is 0 Å². The van der Waals surface area contributed by atoms with E-state index in [9.17, 15) is 0 Å². The van der Waals surface area contributed by atoms with Crippen molar-refractivity contribution in [3.63, 3.8) is 0 Å². The molecule has 0 amide bonds. The first-order chi connectivity index (χ1) is 7.65. The summed E-state index contributed by atoms with van der Waals surface area (Å²) in [7, 11) is 3.60. The Morgan fingerprint density at radius 1 is 0.812 bits per heavy atom. The van der Waals surface area contributed by atoms with Crippen LogP contribution in [0.25, 0.3) is 0 Å². The van der Waals surface area contributed by atoms with Gasteiger partial charge >= 0.3 is 0 Å². The van der Waals surface area contributed by atoms with Gasteiger partial charge in [-0.15, -0.1) is 0 Å². The molecule has 2 heteroatoms. The molecule has 0 aliphatic carbocycles. The molecule has 0 heterocycles. The van der Waals surface area contributed by atoms with E-state index in [4.69, 9.17) is 9.47 Å².